The van der Waals surface area contributed by atoms with Crippen molar-refractivity contribution in [1.29, 1.82) is 0 Å². The Morgan fingerprint density at radius 1 is 0.829 bits per heavy atom. The minimum Gasteiger partial charge on any atom is -0.462 e. The lowest BCUT2D eigenvalue weighted by atomic mass is 10.1. The number of nitro groups is 1. The van der Waals surface area contributed by atoms with Crippen molar-refractivity contribution in [3.8, 4) is 0 Å². The van der Waals surface area contributed by atoms with E-state index in [4.69, 9.17) is 18.9 Å². The van der Waals surface area contributed by atoms with Crippen LogP contribution in [0.15, 0.2) is 46.6 Å². The number of nitrogens with one attached hydrogen (secondary N) is 1. The molecule has 41 heavy (non-hydrogen) atoms. The number of non-ortho nitro benzene ring substituents is 1. The topological polar surface area (TPSA) is 185 Å². The maximum Gasteiger partial charge on any atom is 0.303 e. The molecule has 0 aromatic heterocycles. The second kappa shape index (κ2) is 15.1. The minimum absolute atomic E-state index is 0.0860. The molecule has 0 fully saturated rings. The number of rotatable bonds is 13. The Morgan fingerprint density at radius 3 is 1.93 bits per heavy atom. The van der Waals surface area contributed by atoms with Gasteiger partial charge in [0.25, 0.3) is 5.69 Å². The Morgan fingerprint density at radius 2 is 1.39 bits per heavy atom. The molecule has 0 heterocycles. The van der Waals surface area contributed by atoms with Gasteiger partial charge in [0, 0.05) is 39.8 Å². The maximum atomic E-state index is 12.0. The lowest BCUT2D eigenvalue weighted by Crippen LogP contribution is -2.50. The van der Waals surface area contributed by atoms with Crippen molar-refractivity contribution >= 4 is 46.6 Å². The summed E-state index contributed by atoms with van der Waals surface area (Å²) in [4.78, 5) is 57.6. The zero-order valence-corrected chi connectivity index (χ0v) is 23.5. The highest BCUT2D eigenvalue weighted by Gasteiger charge is 2.38. The highest BCUT2D eigenvalue weighted by Crippen LogP contribution is 2.31. The van der Waals surface area contributed by atoms with Gasteiger partial charge in [0.1, 0.15) is 12.3 Å². The number of nitrogens with zero attached hydrogens (tertiary/aromatic N) is 3. The Balaban J connectivity index is 2.41. The average Bonchev–Trinajstić information content (AvgIpc) is 2.88. The van der Waals surface area contributed by atoms with Crippen LogP contribution in [0.2, 0.25) is 0 Å². The third-order valence-electron chi connectivity index (χ3n) is 5.56. The van der Waals surface area contributed by atoms with E-state index in [1.165, 1.54) is 24.3 Å². The Labute approximate surface area is 236 Å². The fourth-order valence-electron chi connectivity index (χ4n) is 3.62. The summed E-state index contributed by atoms with van der Waals surface area (Å²) < 4.78 is 21.1. The molecule has 0 radical (unpaired) electrons. The summed E-state index contributed by atoms with van der Waals surface area (Å²) >= 11 is 0. The lowest BCUT2D eigenvalue weighted by Gasteiger charge is -2.32. The van der Waals surface area contributed by atoms with E-state index in [0.29, 0.717) is 17.1 Å². The number of carbonyl (C=O) groups is 4. The molecule has 0 spiro atoms. The predicted octanol–water partition coefficient (Wildman–Crippen LogP) is 4.40. The van der Waals surface area contributed by atoms with Crippen molar-refractivity contribution in [1.82, 2.24) is 0 Å². The molecule has 220 valence electrons. The van der Waals surface area contributed by atoms with Crippen molar-refractivity contribution in [2.45, 2.75) is 59.9 Å². The van der Waals surface area contributed by atoms with Gasteiger partial charge >= 0.3 is 23.9 Å². The van der Waals surface area contributed by atoms with Gasteiger partial charge in [-0.3, -0.25) is 29.3 Å². The van der Waals surface area contributed by atoms with Crippen LogP contribution in [0.5, 0.6) is 0 Å². The van der Waals surface area contributed by atoms with E-state index < -0.39 is 53.7 Å². The third kappa shape index (κ3) is 10.7. The van der Waals surface area contributed by atoms with E-state index in [-0.39, 0.29) is 12.2 Å². The number of ether oxygens (including phenoxy) is 4. The number of esters is 4. The molecule has 3 atom stereocenters. The average molecular weight is 573 g/mol. The summed E-state index contributed by atoms with van der Waals surface area (Å²) in [5.74, 6) is -2.86. The van der Waals surface area contributed by atoms with Crippen LogP contribution in [0.3, 0.4) is 0 Å². The number of anilines is 1. The number of benzene rings is 2. The number of hydrogen-bond acceptors (Lipinski definition) is 13. The third-order valence-corrected chi connectivity index (χ3v) is 5.56. The van der Waals surface area contributed by atoms with Crippen LogP contribution in [-0.2, 0) is 38.1 Å². The van der Waals surface area contributed by atoms with Gasteiger partial charge in [-0.2, -0.15) is 5.11 Å². The molecule has 0 saturated carbocycles. The zero-order valence-electron chi connectivity index (χ0n) is 23.5. The van der Waals surface area contributed by atoms with E-state index in [9.17, 15) is 29.3 Å². The zero-order chi connectivity index (χ0) is 30.7. The van der Waals surface area contributed by atoms with Gasteiger partial charge in [0.05, 0.1) is 22.8 Å². The number of nitro benzene ring substituents is 1. The number of aryl methyl sites for hydroxylation is 2. The second-order valence-corrected chi connectivity index (χ2v) is 8.98. The van der Waals surface area contributed by atoms with Gasteiger partial charge in [-0.1, -0.05) is 0 Å². The van der Waals surface area contributed by atoms with Gasteiger partial charge in [-0.05, 0) is 49.2 Å². The van der Waals surface area contributed by atoms with E-state index in [1.54, 1.807) is 12.1 Å². The molecule has 0 aliphatic heterocycles. The van der Waals surface area contributed by atoms with E-state index in [1.807, 2.05) is 13.8 Å². The molecule has 2 aromatic carbocycles. The van der Waals surface area contributed by atoms with Crippen LogP contribution in [0.1, 0.15) is 38.8 Å². The first-order valence-corrected chi connectivity index (χ1v) is 12.4. The van der Waals surface area contributed by atoms with Gasteiger partial charge < -0.3 is 24.3 Å². The summed E-state index contributed by atoms with van der Waals surface area (Å²) in [6.45, 7) is 7.72. The van der Waals surface area contributed by atoms with E-state index in [2.05, 4.69) is 15.5 Å². The molecular formula is C27H32N4O10. The minimum atomic E-state index is -1.34. The molecule has 14 nitrogen and oxygen atoms in total. The van der Waals surface area contributed by atoms with Crippen LogP contribution in [0.25, 0.3) is 0 Å². The standard InChI is InChI=1S/C27H32N4O10/c1-15-11-23(24(12-16(15)2)30-29-21-7-9-22(10-8-21)31(36)37)28-13-25(39-18(4)33)27(41-20(6)35)26(40-19(5)34)14-38-17(3)32/h7-12,25-28H,13-14H2,1-6H3/t25-,26-,27+/m1/s1. The smallest absolute Gasteiger partial charge is 0.303 e. The molecular weight excluding hydrogens is 540 g/mol. The molecule has 0 saturated heterocycles. The molecule has 2 rings (SSSR count). The lowest BCUT2D eigenvalue weighted by molar-refractivity contribution is -0.384. The van der Waals surface area contributed by atoms with Crippen molar-refractivity contribution in [2.75, 3.05) is 18.5 Å². The Kier molecular flexibility index (Phi) is 11.9. The Bertz CT molecular complexity index is 1310. The van der Waals surface area contributed by atoms with Gasteiger partial charge in [0.2, 0.25) is 0 Å². The molecule has 0 unspecified atom stereocenters. The van der Waals surface area contributed by atoms with Crippen molar-refractivity contribution in [3.05, 3.63) is 57.6 Å². The monoisotopic (exact) mass is 572 g/mol. The molecule has 14 heteroatoms. The van der Waals surface area contributed by atoms with Crippen LogP contribution >= 0.6 is 0 Å². The van der Waals surface area contributed by atoms with E-state index in [0.717, 1.165) is 38.8 Å². The second-order valence-electron chi connectivity index (χ2n) is 8.98. The maximum absolute atomic E-state index is 12.0. The SMILES string of the molecule is CC(=O)OC[C@@H](OC(C)=O)[C@@H](OC(C)=O)[C@@H](CNc1cc(C)c(C)cc1N=Nc1ccc([N+](=O)[O-])cc1)OC(C)=O. The first kappa shape index (κ1) is 32.3. The summed E-state index contributed by atoms with van der Waals surface area (Å²) in [5.41, 5.74) is 2.96. The van der Waals surface area contributed by atoms with Crippen molar-refractivity contribution in [3.63, 3.8) is 0 Å². The first-order chi connectivity index (χ1) is 19.3. The predicted molar refractivity (Wildman–Crippen MR) is 145 cm³/mol. The fourth-order valence-corrected chi connectivity index (χ4v) is 3.62. The van der Waals surface area contributed by atoms with Crippen molar-refractivity contribution in [2.24, 2.45) is 10.2 Å². The highest BCUT2D eigenvalue weighted by atomic mass is 16.6. The fraction of sp³-hybridized carbons (Fsp3) is 0.407. The van der Waals surface area contributed by atoms with Crippen LogP contribution < -0.4 is 5.32 Å². The summed E-state index contributed by atoms with van der Waals surface area (Å²) in [7, 11) is 0. The first-order valence-electron chi connectivity index (χ1n) is 12.4. The van der Waals surface area contributed by atoms with Gasteiger partial charge in [-0.25, -0.2) is 0 Å². The molecule has 0 amide bonds. The number of azo groups is 1. The molecule has 0 aliphatic carbocycles. The largest absolute Gasteiger partial charge is 0.462 e. The molecule has 1 N–H and O–H groups in total. The van der Waals surface area contributed by atoms with Crippen LogP contribution in [0.4, 0.5) is 22.7 Å². The molecule has 2 aromatic rings. The normalized spacial score (nSPS) is 13.0. The number of carbonyl (C=O) groups excluding carboxylic acids is 4. The van der Waals surface area contributed by atoms with Crippen molar-refractivity contribution < 1.29 is 43.0 Å². The summed E-state index contributed by atoms with van der Waals surface area (Å²) in [6, 6.07) is 9.07. The van der Waals surface area contributed by atoms with Gasteiger partial charge in [-0.15, -0.1) is 5.11 Å². The van der Waals surface area contributed by atoms with Gasteiger partial charge in [0.15, 0.2) is 18.3 Å². The van der Waals surface area contributed by atoms with Crippen LogP contribution in [-0.4, -0.2) is 60.3 Å². The molecule has 0 aliphatic rings. The quantitative estimate of drug-likeness (QED) is 0.118. The number of hydrogen-bond donors (Lipinski definition) is 1. The van der Waals surface area contributed by atoms with Crippen LogP contribution in [0, 0.1) is 24.0 Å². The summed E-state index contributed by atoms with van der Waals surface area (Å²) in [6.07, 6.45) is -3.83. The summed E-state index contributed by atoms with van der Waals surface area (Å²) in [5, 5.41) is 22.5. The Hall–Kier alpha value is -4.88. The van der Waals surface area contributed by atoms with E-state index >= 15 is 0 Å². The molecule has 0 bridgehead atoms. The highest BCUT2D eigenvalue weighted by molar-refractivity contribution is 5.70.